The van der Waals surface area contributed by atoms with Gasteiger partial charge in [0.05, 0.1) is 11.6 Å². The number of hydrogen-bond acceptors (Lipinski definition) is 5. The van der Waals surface area contributed by atoms with Crippen LogP contribution in [0.15, 0.2) is 58.1 Å². The van der Waals surface area contributed by atoms with Crippen LogP contribution in [0.2, 0.25) is 0 Å². The predicted molar refractivity (Wildman–Crippen MR) is 107 cm³/mol. The third-order valence-electron chi connectivity index (χ3n) is 6.23. The first kappa shape index (κ1) is 17.7. The molecule has 0 bridgehead atoms. The molecule has 0 aromatic heterocycles. The minimum Gasteiger partial charge on any atom is -0.383 e. The quantitative estimate of drug-likeness (QED) is 0.713. The van der Waals surface area contributed by atoms with Crippen molar-refractivity contribution in [3.63, 3.8) is 0 Å². The van der Waals surface area contributed by atoms with E-state index in [9.17, 15) is 9.18 Å². The number of amidine groups is 1. The second-order valence-corrected chi connectivity index (χ2v) is 7.94. The Kier molecular flexibility index (Phi) is 3.85. The lowest BCUT2D eigenvalue weighted by molar-refractivity contribution is -0.132. The molecule has 1 aromatic rings. The highest BCUT2D eigenvalue weighted by molar-refractivity contribution is 6.04. The number of anilines is 1. The predicted octanol–water partition coefficient (Wildman–Crippen LogP) is 2.75. The van der Waals surface area contributed by atoms with Crippen molar-refractivity contribution in [1.29, 1.82) is 5.26 Å². The summed E-state index contributed by atoms with van der Waals surface area (Å²) in [5.74, 6) is -0.162. The Balaban J connectivity index is 1.46. The highest BCUT2D eigenvalue weighted by Gasteiger charge is 2.46. The van der Waals surface area contributed by atoms with Gasteiger partial charge >= 0.3 is 0 Å². The summed E-state index contributed by atoms with van der Waals surface area (Å²) in [6, 6.07) is 6.96. The zero-order valence-electron chi connectivity index (χ0n) is 15.8. The number of nitrogens with two attached hydrogens (primary N) is 1. The van der Waals surface area contributed by atoms with Crippen molar-refractivity contribution in [3.8, 4) is 6.07 Å². The van der Waals surface area contributed by atoms with Gasteiger partial charge in [-0.05, 0) is 36.6 Å². The Morgan fingerprint density at radius 2 is 2.24 bits per heavy atom. The highest BCUT2D eigenvalue weighted by atomic mass is 19.1. The van der Waals surface area contributed by atoms with Gasteiger partial charge in [-0.3, -0.25) is 4.79 Å². The van der Waals surface area contributed by atoms with Gasteiger partial charge in [-0.2, -0.15) is 5.26 Å². The maximum Gasteiger partial charge on any atom is 0.250 e. The molecular formula is C22H20FN5O. The molecule has 5 rings (SSSR count). The zero-order chi connectivity index (χ0) is 20.2. The molecule has 3 N–H and O–H groups in total. The molecule has 146 valence electrons. The lowest BCUT2D eigenvalue weighted by atomic mass is 9.81. The molecule has 1 saturated heterocycles. The summed E-state index contributed by atoms with van der Waals surface area (Å²) in [7, 11) is 0. The van der Waals surface area contributed by atoms with Crippen LogP contribution in [0.4, 0.5) is 10.1 Å². The van der Waals surface area contributed by atoms with E-state index in [1.807, 2.05) is 23.1 Å². The Labute approximate surface area is 167 Å². The van der Waals surface area contributed by atoms with Crippen LogP contribution in [0.1, 0.15) is 31.2 Å². The summed E-state index contributed by atoms with van der Waals surface area (Å²) in [6.45, 7) is 0.549. The first-order valence-electron chi connectivity index (χ1n) is 9.73. The number of carbonyl (C=O) groups is 1. The van der Waals surface area contributed by atoms with E-state index in [2.05, 4.69) is 16.4 Å². The van der Waals surface area contributed by atoms with E-state index < -0.39 is 11.5 Å². The Morgan fingerprint density at radius 1 is 1.38 bits per heavy atom. The molecule has 4 aliphatic rings. The van der Waals surface area contributed by atoms with Gasteiger partial charge in [-0.15, -0.1) is 0 Å². The summed E-state index contributed by atoms with van der Waals surface area (Å²) >= 11 is 0. The molecule has 1 spiro atoms. The highest BCUT2D eigenvalue weighted by Crippen LogP contribution is 2.41. The summed E-state index contributed by atoms with van der Waals surface area (Å²) < 4.78 is 14.2. The average molecular weight is 389 g/mol. The zero-order valence-corrected chi connectivity index (χ0v) is 15.8. The Bertz CT molecular complexity index is 1090. The standard InChI is InChI=1S/C22H20FN5O/c23-17-2-1-3-18-19(17)20(25)27-22(26-18)8-9-28-15(11-22)10-14-6-4-13(12-24)5-7-16(14)21(28)29/h1-6,15,26H,7-11H2,(H2,25,27). The van der Waals surface area contributed by atoms with Crippen LogP contribution in [0.3, 0.4) is 0 Å². The van der Waals surface area contributed by atoms with Gasteiger partial charge in [0, 0.05) is 42.3 Å². The van der Waals surface area contributed by atoms with Crippen LogP contribution in [0.25, 0.3) is 0 Å². The third kappa shape index (κ3) is 2.75. The first-order chi connectivity index (χ1) is 14.0. The Hall–Kier alpha value is -3.40. The van der Waals surface area contributed by atoms with Gasteiger partial charge in [0.15, 0.2) is 0 Å². The van der Waals surface area contributed by atoms with Gasteiger partial charge in [-0.1, -0.05) is 18.2 Å². The van der Waals surface area contributed by atoms with Gasteiger partial charge in [0.1, 0.15) is 17.3 Å². The van der Waals surface area contributed by atoms with E-state index in [4.69, 9.17) is 11.0 Å². The second kappa shape index (κ2) is 6.31. The maximum atomic E-state index is 14.2. The monoisotopic (exact) mass is 389 g/mol. The fourth-order valence-electron chi connectivity index (χ4n) is 4.84. The lowest BCUT2D eigenvalue weighted by Crippen LogP contribution is -2.58. The van der Waals surface area contributed by atoms with Crippen molar-refractivity contribution in [2.45, 2.75) is 37.4 Å². The van der Waals surface area contributed by atoms with Crippen LogP contribution in [-0.2, 0) is 4.79 Å². The number of nitrogens with zero attached hydrogens (tertiary/aromatic N) is 3. The fourth-order valence-corrected chi connectivity index (χ4v) is 4.84. The molecule has 1 amide bonds. The van der Waals surface area contributed by atoms with Crippen molar-refractivity contribution in [2.75, 3.05) is 11.9 Å². The molecule has 2 atom stereocenters. The SMILES string of the molecule is N#CC1=CCC2=C(C=C1)CC1CC3(CCN1C2=O)N=C(N)c1c(F)cccc1N3. The number of carbonyl (C=O) groups excluding carboxylic acids is 1. The molecule has 7 heteroatoms. The van der Waals surface area contributed by atoms with Gasteiger partial charge in [-0.25, -0.2) is 9.38 Å². The topological polar surface area (TPSA) is 94.5 Å². The van der Waals surface area contributed by atoms with Crippen LogP contribution >= 0.6 is 0 Å². The molecule has 29 heavy (non-hydrogen) atoms. The number of hydrogen-bond donors (Lipinski definition) is 2. The smallest absolute Gasteiger partial charge is 0.250 e. The molecule has 3 aliphatic heterocycles. The molecule has 2 unspecified atom stereocenters. The lowest BCUT2D eigenvalue weighted by Gasteiger charge is -2.49. The largest absolute Gasteiger partial charge is 0.383 e. The number of benzene rings is 1. The summed E-state index contributed by atoms with van der Waals surface area (Å²) in [4.78, 5) is 19.7. The molecule has 1 aliphatic carbocycles. The summed E-state index contributed by atoms with van der Waals surface area (Å²) in [5, 5.41) is 12.6. The van der Waals surface area contributed by atoms with Gasteiger partial charge < -0.3 is 16.0 Å². The number of fused-ring (bicyclic) bond motifs is 2. The number of amides is 1. The number of rotatable bonds is 0. The number of aliphatic imine (C=N–C) groups is 1. The summed E-state index contributed by atoms with van der Waals surface area (Å²) in [5.41, 5.74) is 8.77. The minimum absolute atomic E-state index is 0.0255. The molecule has 1 fully saturated rings. The van der Waals surface area contributed by atoms with E-state index in [1.54, 1.807) is 12.1 Å². The number of piperidine rings is 1. The van der Waals surface area contributed by atoms with Crippen molar-refractivity contribution in [1.82, 2.24) is 4.90 Å². The first-order valence-corrected chi connectivity index (χ1v) is 9.73. The van der Waals surface area contributed by atoms with E-state index in [0.29, 0.717) is 49.1 Å². The minimum atomic E-state index is -0.644. The van der Waals surface area contributed by atoms with Crippen LogP contribution < -0.4 is 11.1 Å². The summed E-state index contributed by atoms with van der Waals surface area (Å²) in [6.07, 6.45) is 7.86. The van der Waals surface area contributed by atoms with Gasteiger partial charge in [0.25, 0.3) is 5.91 Å². The van der Waals surface area contributed by atoms with Crippen molar-refractivity contribution in [3.05, 3.63) is 64.5 Å². The van der Waals surface area contributed by atoms with Crippen LogP contribution in [0.5, 0.6) is 0 Å². The number of halogens is 1. The average Bonchev–Trinajstić information content (AvgIpc) is 2.90. The molecule has 3 heterocycles. The number of nitrogens with one attached hydrogen (secondary N) is 1. The van der Waals surface area contributed by atoms with Crippen molar-refractivity contribution < 1.29 is 9.18 Å². The number of allylic oxidation sites excluding steroid dienone is 4. The molecule has 6 nitrogen and oxygen atoms in total. The normalized spacial score (nSPS) is 27.8. The van der Waals surface area contributed by atoms with Crippen molar-refractivity contribution in [2.24, 2.45) is 10.7 Å². The van der Waals surface area contributed by atoms with E-state index in [-0.39, 0.29) is 17.8 Å². The van der Waals surface area contributed by atoms with E-state index >= 15 is 0 Å². The molecule has 0 radical (unpaired) electrons. The van der Waals surface area contributed by atoms with Crippen molar-refractivity contribution >= 4 is 17.4 Å². The second-order valence-electron chi connectivity index (χ2n) is 7.94. The maximum absolute atomic E-state index is 14.2. The molecular weight excluding hydrogens is 369 g/mol. The molecule has 0 saturated carbocycles. The number of nitriles is 1. The fraction of sp³-hybridized carbons (Fsp3) is 0.318. The van der Waals surface area contributed by atoms with Crippen LogP contribution in [0, 0.1) is 17.1 Å². The van der Waals surface area contributed by atoms with Crippen LogP contribution in [-0.4, -0.2) is 34.9 Å². The molecule has 1 aromatic carbocycles. The Morgan fingerprint density at radius 3 is 3.07 bits per heavy atom. The third-order valence-corrected chi connectivity index (χ3v) is 6.23. The van der Waals surface area contributed by atoms with E-state index in [0.717, 1.165) is 11.1 Å². The van der Waals surface area contributed by atoms with Gasteiger partial charge in [0.2, 0.25) is 0 Å². The van der Waals surface area contributed by atoms with E-state index in [1.165, 1.54) is 6.07 Å².